The summed E-state index contributed by atoms with van der Waals surface area (Å²) in [7, 11) is 1.55. The molecule has 0 atom stereocenters. The summed E-state index contributed by atoms with van der Waals surface area (Å²) in [5.41, 5.74) is 0.948. The van der Waals surface area contributed by atoms with Gasteiger partial charge in [-0.25, -0.2) is 4.79 Å². The maximum atomic E-state index is 12.7. The van der Waals surface area contributed by atoms with Crippen LogP contribution in [0.3, 0.4) is 0 Å². The predicted molar refractivity (Wildman–Crippen MR) is 102 cm³/mol. The van der Waals surface area contributed by atoms with E-state index in [1.807, 2.05) is 0 Å². The van der Waals surface area contributed by atoms with Gasteiger partial charge in [0.1, 0.15) is 11.3 Å². The van der Waals surface area contributed by atoms with Gasteiger partial charge in [-0.15, -0.1) is 4.68 Å². The molecule has 4 rings (SSSR count). The van der Waals surface area contributed by atoms with E-state index < -0.39 is 11.2 Å². The number of H-pyrrole nitrogens is 2. The Morgan fingerprint density at radius 1 is 1.08 bits per heavy atom. The standard InChI is InChI=1S/C18H13ClN4O3/c1-26-12-6-7-14-13(8-12)15-16(21-14)17(24)23(18(25)22-15)20-9-10-2-4-11(19)5-3-10/h2-9,21H,1H3,(H,22,25). The van der Waals surface area contributed by atoms with E-state index in [0.717, 1.165) is 4.68 Å². The second kappa shape index (κ2) is 6.20. The third-order valence-electron chi connectivity index (χ3n) is 4.03. The SMILES string of the molecule is COc1ccc2[nH]c3c(=O)n(N=Cc4ccc(Cl)cc4)c(=O)[nH]c3c2c1. The molecule has 0 fully saturated rings. The number of benzene rings is 2. The van der Waals surface area contributed by atoms with E-state index in [0.29, 0.717) is 32.8 Å². The summed E-state index contributed by atoms with van der Waals surface area (Å²) in [6.07, 6.45) is 1.42. The molecule has 26 heavy (non-hydrogen) atoms. The number of ether oxygens (including phenoxy) is 1. The van der Waals surface area contributed by atoms with Crippen LogP contribution in [-0.4, -0.2) is 28.0 Å². The Kier molecular flexibility index (Phi) is 3.85. The van der Waals surface area contributed by atoms with Crippen LogP contribution in [0.25, 0.3) is 21.9 Å². The lowest BCUT2D eigenvalue weighted by molar-refractivity contribution is 0.415. The highest BCUT2D eigenvalue weighted by molar-refractivity contribution is 6.30. The second-order valence-corrected chi connectivity index (χ2v) is 6.07. The van der Waals surface area contributed by atoms with Gasteiger partial charge in [0.25, 0.3) is 0 Å². The normalized spacial score (nSPS) is 11.6. The van der Waals surface area contributed by atoms with E-state index >= 15 is 0 Å². The fourth-order valence-electron chi connectivity index (χ4n) is 2.72. The summed E-state index contributed by atoms with van der Waals surface area (Å²) >= 11 is 5.84. The molecule has 0 radical (unpaired) electrons. The molecule has 2 N–H and O–H groups in total. The van der Waals surface area contributed by atoms with Crippen molar-refractivity contribution in [3.8, 4) is 5.75 Å². The summed E-state index contributed by atoms with van der Waals surface area (Å²) in [4.78, 5) is 30.8. The summed E-state index contributed by atoms with van der Waals surface area (Å²) in [6, 6.07) is 12.2. The highest BCUT2D eigenvalue weighted by atomic mass is 35.5. The largest absolute Gasteiger partial charge is 0.497 e. The highest BCUT2D eigenvalue weighted by Gasteiger charge is 2.13. The lowest BCUT2D eigenvalue weighted by atomic mass is 10.2. The quantitative estimate of drug-likeness (QED) is 0.544. The molecule has 2 aromatic heterocycles. The average molecular weight is 369 g/mol. The average Bonchev–Trinajstić information content (AvgIpc) is 3.01. The van der Waals surface area contributed by atoms with Crippen LogP contribution in [0.1, 0.15) is 5.56 Å². The van der Waals surface area contributed by atoms with Crippen LogP contribution in [0, 0.1) is 0 Å². The molecule has 0 bridgehead atoms. The number of methoxy groups -OCH3 is 1. The molecule has 4 aromatic rings. The molecule has 0 saturated heterocycles. The molecule has 0 saturated carbocycles. The lowest BCUT2D eigenvalue weighted by Gasteiger charge is -1.99. The van der Waals surface area contributed by atoms with Gasteiger partial charge in [-0.2, -0.15) is 5.10 Å². The highest BCUT2D eigenvalue weighted by Crippen LogP contribution is 2.25. The van der Waals surface area contributed by atoms with Crippen molar-refractivity contribution >= 4 is 39.8 Å². The zero-order valence-corrected chi connectivity index (χ0v) is 14.4. The number of aromatic amines is 2. The molecule has 0 aliphatic carbocycles. The first-order chi connectivity index (χ1) is 12.6. The first-order valence-corrected chi connectivity index (χ1v) is 8.09. The van der Waals surface area contributed by atoms with Gasteiger partial charge in [0.15, 0.2) is 0 Å². The first kappa shape index (κ1) is 16.2. The summed E-state index contributed by atoms with van der Waals surface area (Å²) in [5.74, 6) is 0.629. The van der Waals surface area contributed by atoms with E-state index in [4.69, 9.17) is 16.3 Å². The fraction of sp³-hybridized carbons (Fsp3) is 0.0556. The zero-order chi connectivity index (χ0) is 18.3. The first-order valence-electron chi connectivity index (χ1n) is 7.71. The molecule has 0 amide bonds. The molecule has 0 aliphatic rings. The number of hydrogen-bond acceptors (Lipinski definition) is 4. The summed E-state index contributed by atoms with van der Waals surface area (Å²) < 4.78 is 5.98. The molecule has 0 unspecified atom stereocenters. The van der Waals surface area contributed by atoms with Crippen molar-refractivity contribution < 1.29 is 4.74 Å². The van der Waals surface area contributed by atoms with E-state index in [-0.39, 0.29) is 5.52 Å². The Hall–Kier alpha value is -3.32. The number of rotatable bonds is 3. The van der Waals surface area contributed by atoms with Gasteiger partial charge in [0, 0.05) is 15.9 Å². The van der Waals surface area contributed by atoms with Crippen molar-refractivity contribution in [2.45, 2.75) is 0 Å². The minimum Gasteiger partial charge on any atom is -0.497 e. The van der Waals surface area contributed by atoms with Crippen LogP contribution < -0.4 is 16.0 Å². The summed E-state index contributed by atoms with van der Waals surface area (Å²) in [6.45, 7) is 0. The Labute approximate surface area is 151 Å². The van der Waals surface area contributed by atoms with Crippen LogP contribution in [0.5, 0.6) is 5.75 Å². The molecule has 7 nitrogen and oxygen atoms in total. The van der Waals surface area contributed by atoms with E-state index in [1.165, 1.54) is 6.21 Å². The number of fused-ring (bicyclic) bond motifs is 3. The topological polar surface area (TPSA) is 92.2 Å². The smallest absolute Gasteiger partial charge is 0.350 e. The number of nitrogens with zero attached hydrogens (tertiary/aromatic N) is 2. The van der Waals surface area contributed by atoms with Crippen molar-refractivity contribution in [1.29, 1.82) is 0 Å². The third-order valence-corrected chi connectivity index (χ3v) is 4.28. The van der Waals surface area contributed by atoms with Crippen molar-refractivity contribution in [2.75, 3.05) is 7.11 Å². The molecule has 2 heterocycles. The van der Waals surface area contributed by atoms with E-state index in [9.17, 15) is 9.59 Å². The monoisotopic (exact) mass is 368 g/mol. The number of nitrogens with one attached hydrogen (secondary N) is 2. The Morgan fingerprint density at radius 2 is 1.85 bits per heavy atom. The van der Waals surface area contributed by atoms with E-state index in [2.05, 4.69) is 15.1 Å². The molecule has 2 aromatic carbocycles. The van der Waals surface area contributed by atoms with Gasteiger partial charge in [-0.1, -0.05) is 23.7 Å². The zero-order valence-electron chi connectivity index (χ0n) is 13.6. The molecule has 0 aliphatic heterocycles. The van der Waals surface area contributed by atoms with Crippen molar-refractivity contribution in [1.82, 2.24) is 14.6 Å². The Bertz CT molecular complexity index is 1270. The molecule has 0 spiro atoms. The fourth-order valence-corrected chi connectivity index (χ4v) is 2.85. The maximum absolute atomic E-state index is 12.7. The van der Waals surface area contributed by atoms with Gasteiger partial charge < -0.3 is 14.7 Å². The van der Waals surface area contributed by atoms with Gasteiger partial charge in [-0.3, -0.25) is 4.79 Å². The Morgan fingerprint density at radius 3 is 2.58 bits per heavy atom. The van der Waals surface area contributed by atoms with Crippen LogP contribution in [0.2, 0.25) is 5.02 Å². The van der Waals surface area contributed by atoms with Gasteiger partial charge in [0.05, 0.1) is 18.8 Å². The molecule has 8 heteroatoms. The lowest BCUT2D eigenvalue weighted by Crippen LogP contribution is -2.32. The van der Waals surface area contributed by atoms with E-state index in [1.54, 1.807) is 49.6 Å². The third kappa shape index (κ3) is 2.68. The minimum atomic E-state index is -0.628. The van der Waals surface area contributed by atoms with Crippen LogP contribution in [0.15, 0.2) is 57.2 Å². The summed E-state index contributed by atoms with van der Waals surface area (Å²) in [5, 5.41) is 5.29. The van der Waals surface area contributed by atoms with Gasteiger partial charge >= 0.3 is 11.2 Å². The van der Waals surface area contributed by atoms with Crippen molar-refractivity contribution in [3.63, 3.8) is 0 Å². The van der Waals surface area contributed by atoms with Crippen molar-refractivity contribution in [2.24, 2.45) is 5.10 Å². The molecule has 130 valence electrons. The van der Waals surface area contributed by atoms with Gasteiger partial charge in [0.2, 0.25) is 0 Å². The predicted octanol–water partition coefficient (Wildman–Crippen LogP) is 2.72. The second-order valence-electron chi connectivity index (χ2n) is 5.63. The number of halogens is 1. The molecular formula is C18H13ClN4O3. The van der Waals surface area contributed by atoms with Crippen LogP contribution >= 0.6 is 11.6 Å². The number of aromatic nitrogens is 3. The van der Waals surface area contributed by atoms with Crippen molar-refractivity contribution in [3.05, 3.63) is 73.9 Å². The van der Waals surface area contributed by atoms with Crippen LogP contribution in [-0.2, 0) is 0 Å². The minimum absolute atomic E-state index is 0.265. The maximum Gasteiger partial charge on any atom is 0.350 e. The molecular weight excluding hydrogens is 356 g/mol. The van der Waals surface area contributed by atoms with Gasteiger partial charge in [-0.05, 0) is 35.9 Å². The van der Waals surface area contributed by atoms with Crippen LogP contribution in [0.4, 0.5) is 0 Å². The Balaban J connectivity index is 1.89. The number of hydrogen-bond donors (Lipinski definition) is 2.